The minimum absolute atomic E-state index is 0.144. The number of benzene rings is 1. The summed E-state index contributed by atoms with van der Waals surface area (Å²) in [5.41, 5.74) is -0.372. The van der Waals surface area contributed by atoms with Gasteiger partial charge < -0.3 is 14.9 Å². The molecule has 1 fully saturated rings. The normalized spacial score (nSPS) is 25.8. The number of ether oxygens (including phenoxy) is 2. The Balaban J connectivity index is 2.27. The average Bonchev–Trinajstić information content (AvgIpc) is 2.72. The van der Waals surface area contributed by atoms with E-state index in [0.717, 1.165) is 24.8 Å². The summed E-state index contributed by atoms with van der Waals surface area (Å²) in [6.45, 7) is 0. The number of rotatable bonds is 3. The van der Waals surface area contributed by atoms with Gasteiger partial charge in [-0.2, -0.15) is 15.8 Å². The van der Waals surface area contributed by atoms with Gasteiger partial charge in [-0.05, 0) is 36.8 Å². The minimum Gasteiger partial charge on any atom is -0.493 e. The Kier molecular flexibility index (Phi) is 4.89. The molecule has 0 radical (unpaired) electrons. The van der Waals surface area contributed by atoms with E-state index < -0.39 is 11.3 Å². The molecule has 0 aliphatic heterocycles. The van der Waals surface area contributed by atoms with E-state index in [1.807, 2.05) is 30.3 Å². The summed E-state index contributed by atoms with van der Waals surface area (Å²) in [6.07, 6.45) is 4.36. The van der Waals surface area contributed by atoms with E-state index in [2.05, 4.69) is 6.07 Å². The summed E-state index contributed by atoms with van der Waals surface area (Å²) in [5, 5.41) is 38.1. The van der Waals surface area contributed by atoms with Gasteiger partial charge in [0.25, 0.3) is 0 Å². The number of hydrogen-bond acceptors (Lipinski definition) is 6. The molecule has 3 atom stereocenters. The molecule has 0 bridgehead atoms. The summed E-state index contributed by atoms with van der Waals surface area (Å²) in [5.74, 6) is -0.335. The molecule has 2 aliphatic rings. The molecule has 6 heteroatoms. The first-order chi connectivity index (χ1) is 13.1. The average molecular weight is 360 g/mol. The lowest BCUT2D eigenvalue weighted by Gasteiger charge is -2.45. The van der Waals surface area contributed by atoms with Crippen LogP contribution in [-0.4, -0.2) is 19.9 Å². The van der Waals surface area contributed by atoms with E-state index in [0.29, 0.717) is 17.1 Å². The fourth-order valence-corrected chi connectivity index (χ4v) is 4.50. The third kappa shape index (κ3) is 2.56. The Morgan fingerprint density at radius 1 is 1.15 bits per heavy atom. The molecule has 1 aromatic carbocycles. The van der Waals surface area contributed by atoms with Gasteiger partial charge >= 0.3 is 0 Å². The summed E-state index contributed by atoms with van der Waals surface area (Å²) >= 11 is 0. The monoisotopic (exact) mass is 360 g/mol. The Labute approximate surface area is 158 Å². The highest BCUT2D eigenvalue weighted by Crippen LogP contribution is 2.56. The van der Waals surface area contributed by atoms with Crippen LogP contribution in [0.2, 0.25) is 0 Å². The van der Waals surface area contributed by atoms with E-state index in [9.17, 15) is 15.8 Å². The Morgan fingerprint density at radius 3 is 2.48 bits per heavy atom. The van der Waals surface area contributed by atoms with Gasteiger partial charge in [-0.1, -0.05) is 18.2 Å². The second-order valence-electron chi connectivity index (χ2n) is 6.80. The largest absolute Gasteiger partial charge is 0.493 e. The highest BCUT2D eigenvalue weighted by atomic mass is 16.5. The van der Waals surface area contributed by atoms with Crippen molar-refractivity contribution in [3.05, 3.63) is 35.4 Å². The summed E-state index contributed by atoms with van der Waals surface area (Å²) in [4.78, 5) is 0. The number of hydrogen-bond donors (Lipinski definition) is 1. The topological polar surface area (TPSA) is 114 Å². The van der Waals surface area contributed by atoms with Crippen LogP contribution in [0.3, 0.4) is 0 Å². The van der Waals surface area contributed by atoms with Crippen LogP contribution in [0.25, 0.3) is 0 Å². The zero-order valence-electron chi connectivity index (χ0n) is 15.3. The van der Waals surface area contributed by atoms with Gasteiger partial charge in [-0.3, -0.25) is 0 Å². The fourth-order valence-electron chi connectivity index (χ4n) is 4.50. The lowest BCUT2D eigenvalue weighted by atomic mass is 9.54. The molecule has 0 aromatic heterocycles. The number of methoxy groups -OCH3 is 2. The summed E-state index contributed by atoms with van der Waals surface area (Å²) in [7, 11) is 3.10. The van der Waals surface area contributed by atoms with Gasteiger partial charge in [0.15, 0.2) is 11.5 Å². The lowest BCUT2D eigenvalue weighted by Crippen LogP contribution is -2.47. The zero-order chi connectivity index (χ0) is 19.6. The van der Waals surface area contributed by atoms with Crippen molar-refractivity contribution < 1.29 is 9.47 Å². The molecule has 1 N–H and O–H groups in total. The first-order valence-electron chi connectivity index (χ1n) is 8.82. The molecule has 6 nitrogen and oxygen atoms in total. The molecule has 27 heavy (non-hydrogen) atoms. The quantitative estimate of drug-likeness (QED) is 0.825. The third-order valence-corrected chi connectivity index (χ3v) is 5.69. The molecule has 1 aromatic rings. The van der Waals surface area contributed by atoms with Gasteiger partial charge in [-0.25, -0.2) is 0 Å². The molecule has 0 amide bonds. The van der Waals surface area contributed by atoms with Crippen molar-refractivity contribution in [1.82, 2.24) is 0 Å². The van der Waals surface area contributed by atoms with E-state index in [4.69, 9.17) is 14.9 Å². The van der Waals surface area contributed by atoms with Crippen LogP contribution in [0.15, 0.2) is 29.8 Å². The molecule has 136 valence electrons. The van der Waals surface area contributed by atoms with Crippen LogP contribution in [0.5, 0.6) is 11.5 Å². The molecular formula is C21H20N4O2. The number of nitrogens with one attached hydrogen (secondary N) is 1. The minimum atomic E-state index is -1.66. The van der Waals surface area contributed by atoms with Crippen molar-refractivity contribution in [3.8, 4) is 29.7 Å². The first-order valence-corrected chi connectivity index (χ1v) is 8.82. The molecule has 3 rings (SSSR count). The Morgan fingerprint density at radius 2 is 1.89 bits per heavy atom. The first kappa shape index (κ1) is 18.5. The third-order valence-electron chi connectivity index (χ3n) is 5.69. The Hall–Kier alpha value is -3.30. The molecule has 0 spiro atoms. The van der Waals surface area contributed by atoms with Crippen molar-refractivity contribution in [3.63, 3.8) is 0 Å². The van der Waals surface area contributed by atoms with Crippen molar-refractivity contribution in [2.75, 3.05) is 14.2 Å². The molecule has 1 saturated carbocycles. The maximum absolute atomic E-state index is 9.90. The fraction of sp³-hybridized carbons (Fsp3) is 0.429. The predicted octanol–water partition coefficient (Wildman–Crippen LogP) is 3.72. The predicted molar refractivity (Wildman–Crippen MR) is 98.2 cm³/mol. The van der Waals surface area contributed by atoms with E-state index in [1.165, 1.54) is 0 Å². The number of nitriles is 3. The smallest absolute Gasteiger partial charge is 0.203 e. The van der Waals surface area contributed by atoms with Crippen LogP contribution in [0.4, 0.5) is 0 Å². The van der Waals surface area contributed by atoms with Crippen LogP contribution >= 0.6 is 0 Å². The Bertz CT molecular complexity index is 915. The van der Waals surface area contributed by atoms with Crippen LogP contribution in [0.1, 0.15) is 30.7 Å². The zero-order valence-corrected chi connectivity index (χ0v) is 15.3. The maximum Gasteiger partial charge on any atom is 0.203 e. The van der Waals surface area contributed by atoms with E-state index >= 15 is 0 Å². The van der Waals surface area contributed by atoms with Gasteiger partial charge in [-0.15, -0.1) is 0 Å². The highest BCUT2D eigenvalue weighted by Gasteiger charge is 2.56. The van der Waals surface area contributed by atoms with Crippen molar-refractivity contribution in [1.29, 1.82) is 21.2 Å². The number of para-hydroxylation sites is 1. The SMILES string of the molecule is COc1cccc([C@H]2C(C#N)C(=N)C(C#N)(C#N)C3=CCCC[C@H]32)c1OC. The summed E-state index contributed by atoms with van der Waals surface area (Å²) < 4.78 is 11.0. The van der Waals surface area contributed by atoms with Crippen molar-refractivity contribution in [2.45, 2.75) is 25.2 Å². The number of nitrogens with zero attached hydrogens (tertiary/aromatic N) is 3. The van der Waals surface area contributed by atoms with Crippen LogP contribution in [-0.2, 0) is 0 Å². The summed E-state index contributed by atoms with van der Waals surface area (Å²) in [6, 6.07) is 11.8. The van der Waals surface area contributed by atoms with Gasteiger partial charge in [0, 0.05) is 11.5 Å². The standard InChI is InChI=1S/C21H20N4O2/c1-26-17-9-5-7-14(19(17)27-2)18-13-6-3-4-8-16(13)21(11-23,12-24)20(25)15(18)10-22/h5,7-9,13,15,18,25H,3-4,6H2,1-2H3/t13-,15?,18+/m1/s1. The second kappa shape index (κ2) is 7.14. The maximum atomic E-state index is 9.90. The van der Waals surface area contributed by atoms with Crippen molar-refractivity contribution >= 4 is 5.71 Å². The number of fused-ring (bicyclic) bond motifs is 1. The van der Waals surface area contributed by atoms with E-state index in [-0.39, 0.29) is 17.5 Å². The molecule has 2 aliphatic carbocycles. The van der Waals surface area contributed by atoms with Crippen molar-refractivity contribution in [2.24, 2.45) is 17.3 Å². The van der Waals surface area contributed by atoms with E-state index in [1.54, 1.807) is 20.3 Å². The molecule has 1 unspecified atom stereocenters. The molecule has 0 saturated heterocycles. The lowest BCUT2D eigenvalue weighted by molar-refractivity contribution is 0.316. The van der Waals surface area contributed by atoms with Gasteiger partial charge in [0.2, 0.25) is 5.41 Å². The highest BCUT2D eigenvalue weighted by molar-refractivity contribution is 6.01. The molecule has 0 heterocycles. The van der Waals surface area contributed by atoms with Gasteiger partial charge in [0.05, 0.1) is 44.1 Å². The number of allylic oxidation sites excluding steroid dienone is 2. The second-order valence-corrected chi connectivity index (χ2v) is 6.80. The van der Waals surface area contributed by atoms with Gasteiger partial charge in [0.1, 0.15) is 0 Å². The molecular weight excluding hydrogens is 340 g/mol. The van der Waals surface area contributed by atoms with Crippen LogP contribution < -0.4 is 9.47 Å². The van der Waals surface area contributed by atoms with Crippen LogP contribution in [0, 0.1) is 56.7 Å².